The van der Waals surface area contributed by atoms with E-state index >= 15 is 0 Å². The van der Waals surface area contributed by atoms with Crippen LogP contribution in [0.2, 0.25) is 0 Å². The molecule has 0 radical (unpaired) electrons. The Kier molecular flexibility index (Phi) is 3.38. The summed E-state index contributed by atoms with van der Waals surface area (Å²) in [6.07, 6.45) is 0. The van der Waals surface area contributed by atoms with Crippen molar-refractivity contribution in [2.45, 2.75) is 13.8 Å². The number of para-hydroxylation sites is 1. The number of halogens is 1. The molecule has 4 N–H and O–H groups in total. The number of rotatable bonds is 3. The molecule has 6 heteroatoms. The van der Waals surface area contributed by atoms with Crippen LogP contribution in [0.3, 0.4) is 0 Å². The van der Waals surface area contributed by atoms with Crippen LogP contribution in [0.5, 0.6) is 0 Å². The van der Waals surface area contributed by atoms with Gasteiger partial charge in [-0.3, -0.25) is 5.43 Å². The number of nitrogens with two attached hydrogens (primary N) is 1. The fourth-order valence-electron chi connectivity index (χ4n) is 1.62. The van der Waals surface area contributed by atoms with E-state index in [1.807, 2.05) is 19.9 Å². The Labute approximate surface area is 104 Å². The first-order valence-corrected chi connectivity index (χ1v) is 5.44. The normalized spacial score (nSPS) is 10.2. The summed E-state index contributed by atoms with van der Waals surface area (Å²) in [6, 6.07) is 6.59. The zero-order chi connectivity index (χ0) is 13.1. The Morgan fingerprint density at radius 1 is 1.22 bits per heavy atom. The molecule has 0 aliphatic rings. The number of nitrogen functional groups attached to an aromatic ring is 1. The quantitative estimate of drug-likeness (QED) is 0.573. The highest BCUT2D eigenvalue weighted by Gasteiger charge is 2.07. The van der Waals surface area contributed by atoms with Gasteiger partial charge >= 0.3 is 0 Å². The van der Waals surface area contributed by atoms with Crippen molar-refractivity contribution in [2.75, 3.05) is 10.7 Å². The third-order valence-electron chi connectivity index (χ3n) is 2.46. The molecule has 0 unspecified atom stereocenters. The number of hydrogen-bond acceptors (Lipinski definition) is 5. The van der Waals surface area contributed by atoms with Crippen molar-refractivity contribution in [3.05, 3.63) is 41.3 Å². The molecule has 0 spiro atoms. The van der Waals surface area contributed by atoms with Gasteiger partial charge in [0.15, 0.2) is 0 Å². The van der Waals surface area contributed by atoms with Crippen LogP contribution in [0.1, 0.15) is 11.3 Å². The standard InChI is InChI=1S/C12H14FN5/c1-7-4-3-5-9(13)11(7)16-10-6-8(2)15-12(17-10)18-14/h3-6H,14H2,1-2H3,(H2,15,16,17,18). The number of anilines is 3. The molecular weight excluding hydrogens is 233 g/mol. The Morgan fingerprint density at radius 2 is 2.00 bits per heavy atom. The number of aromatic nitrogens is 2. The van der Waals surface area contributed by atoms with Gasteiger partial charge in [-0.1, -0.05) is 12.1 Å². The summed E-state index contributed by atoms with van der Waals surface area (Å²) in [5.41, 5.74) is 4.30. The highest BCUT2D eigenvalue weighted by molar-refractivity contribution is 5.61. The van der Waals surface area contributed by atoms with Gasteiger partial charge in [0.1, 0.15) is 11.6 Å². The molecule has 2 aromatic rings. The second kappa shape index (κ2) is 4.97. The van der Waals surface area contributed by atoms with Gasteiger partial charge in [0, 0.05) is 11.8 Å². The highest BCUT2D eigenvalue weighted by Crippen LogP contribution is 2.23. The topological polar surface area (TPSA) is 75.9 Å². The summed E-state index contributed by atoms with van der Waals surface area (Å²) in [5.74, 6) is 5.71. The number of nitrogens with one attached hydrogen (secondary N) is 2. The Morgan fingerprint density at radius 3 is 2.67 bits per heavy atom. The van der Waals surface area contributed by atoms with Crippen molar-refractivity contribution in [3.8, 4) is 0 Å². The Balaban J connectivity index is 2.37. The lowest BCUT2D eigenvalue weighted by molar-refractivity contribution is 0.630. The van der Waals surface area contributed by atoms with Crippen LogP contribution in [0.25, 0.3) is 0 Å². The van der Waals surface area contributed by atoms with Crippen LogP contribution in [0.15, 0.2) is 24.3 Å². The van der Waals surface area contributed by atoms with E-state index in [9.17, 15) is 4.39 Å². The zero-order valence-electron chi connectivity index (χ0n) is 10.2. The number of benzene rings is 1. The smallest absolute Gasteiger partial charge is 0.239 e. The molecule has 0 atom stereocenters. The molecular formula is C12H14FN5. The molecule has 0 fully saturated rings. The second-order valence-corrected chi connectivity index (χ2v) is 3.92. The van der Waals surface area contributed by atoms with E-state index in [1.54, 1.807) is 12.1 Å². The van der Waals surface area contributed by atoms with Crippen molar-refractivity contribution in [2.24, 2.45) is 5.84 Å². The van der Waals surface area contributed by atoms with Crippen LogP contribution in [-0.2, 0) is 0 Å². The number of hydrogen-bond donors (Lipinski definition) is 3. The molecule has 0 aliphatic heterocycles. The predicted octanol–water partition coefficient (Wildman–Crippen LogP) is 2.26. The molecule has 0 aliphatic carbocycles. The molecule has 18 heavy (non-hydrogen) atoms. The van der Waals surface area contributed by atoms with Gasteiger partial charge in [-0.15, -0.1) is 0 Å². The van der Waals surface area contributed by atoms with Crippen LogP contribution >= 0.6 is 0 Å². The van der Waals surface area contributed by atoms with Crippen LogP contribution in [0.4, 0.5) is 21.8 Å². The maximum absolute atomic E-state index is 13.7. The zero-order valence-corrected chi connectivity index (χ0v) is 10.2. The Hall–Kier alpha value is -2.21. The van der Waals surface area contributed by atoms with Crippen molar-refractivity contribution in [3.63, 3.8) is 0 Å². The lowest BCUT2D eigenvalue weighted by Gasteiger charge is -2.11. The number of hydrazine groups is 1. The minimum Gasteiger partial charge on any atom is -0.337 e. The molecule has 2 rings (SSSR count). The summed E-state index contributed by atoms with van der Waals surface area (Å²) in [4.78, 5) is 8.16. The van der Waals surface area contributed by atoms with Gasteiger partial charge in [0.05, 0.1) is 5.69 Å². The SMILES string of the molecule is Cc1cc(Nc2c(C)cccc2F)nc(NN)n1. The number of aryl methyl sites for hydroxylation is 2. The van der Waals surface area contributed by atoms with Gasteiger partial charge in [-0.25, -0.2) is 15.2 Å². The minimum absolute atomic E-state index is 0.284. The van der Waals surface area contributed by atoms with E-state index < -0.39 is 0 Å². The second-order valence-electron chi connectivity index (χ2n) is 3.92. The fourth-order valence-corrected chi connectivity index (χ4v) is 1.62. The summed E-state index contributed by atoms with van der Waals surface area (Å²) in [7, 11) is 0. The van der Waals surface area contributed by atoms with E-state index in [0.717, 1.165) is 11.3 Å². The fraction of sp³-hybridized carbons (Fsp3) is 0.167. The maximum Gasteiger partial charge on any atom is 0.239 e. The highest BCUT2D eigenvalue weighted by atomic mass is 19.1. The molecule has 5 nitrogen and oxygen atoms in total. The lowest BCUT2D eigenvalue weighted by Crippen LogP contribution is -2.12. The molecule has 0 saturated carbocycles. The van der Waals surface area contributed by atoms with Gasteiger partial charge in [-0.2, -0.15) is 4.98 Å². The number of nitrogens with zero attached hydrogens (tertiary/aromatic N) is 2. The van der Waals surface area contributed by atoms with E-state index in [0.29, 0.717) is 11.5 Å². The van der Waals surface area contributed by atoms with E-state index in [1.165, 1.54) is 6.07 Å². The first kappa shape index (κ1) is 12.3. The van der Waals surface area contributed by atoms with E-state index in [4.69, 9.17) is 5.84 Å². The average molecular weight is 247 g/mol. The van der Waals surface area contributed by atoms with Crippen molar-refractivity contribution in [1.82, 2.24) is 9.97 Å². The van der Waals surface area contributed by atoms with Crippen LogP contribution in [0, 0.1) is 19.7 Å². The van der Waals surface area contributed by atoms with Gasteiger partial charge in [-0.05, 0) is 25.5 Å². The molecule has 1 aromatic heterocycles. The average Bonchev–Trinajstić information content (AvgIpc) is 2.33. The monoisotopic (exact) mass is 247 g/mol. The third kappa shape index (κ3) is 2.54. The Bertz CT molecular complexity index is 550. The first-order valence-electron chi connectivity index (χ1n) is 5.44. The molecule has 0 saturated heterocycles. The van der Waals surface area contributed by atoms with Crippen molar-refractivity contribution >= 4 is 17.5 Å². The third-order valence-corrected chi connectivity index (χ3v) is 2.46. The lowest BCUT2D eigenvalue weighted by atomic mass is 10.2. The van der Waals surface area contributed by atoms with Crippen LogP contribution in [-0.4, -0.2) is 9.97 Å². The first-order chi connectivity index (χ1) is 8.60. The van der Waals surface area contributed by atoms with Gasteiger partial charge < -0.3 is 5.32 Å². The summed E-state index contributed by atoms with van der Waals surface area (Å²) in [6.45, 7) is 3.63. The molecule has 94 valence electrons. The van der Waals surface area contributed by atoms with Crippen LogP contribution < -0.4 is 16.6 Å². The van der Waals surface area contributed by atoms with Crippen molar-refractivity contribution in [1.29, 1.82) is 0 Å². The summed E-state index contributed by atoms with van der Waals surface area (Å²) < 4.78 is 13.7. The molecule has 0 amide bonds. The largest absolute Gasteiger partial charge is 0.337 e. The van der Waals surface area contributed by atoms with Crippen molar-refractivity contribution < 1.29 is 4.39 Å². The summed E-state index contributed by atoms with van der Waals surface area (Å²) in [5, 5.41) is 2.93. The maximum atomic E-state index is 13.7. The molecule has 1 aromatic carbocycles. The van der Waals surface area contributed by atoms with E-state index in [2.05, 4.69) is 20.7 Å². The molecule has 0 bridgehead atoms. The predicted molar refractivity (Wildman–Crippen MR) is 69.0 cm³/mol. The van der Waals surface area contributed by atoms with E-state index in [-0.39, 0.29) is 11.8 Å². The molecule has 1 heterocycles. The van der Waals surface area contributed by atoms with Gasteiger partial charge in [0.2, 0.25) is 5.95 Å². The van der Waals surface area contributed by atoms with Gasteiger partial charge in [0.25, 0.3) is 0 Å². The summed E-state index contributed by atoms with van der Waals surface area (Å²) >= 11 is 0. The minimum atomic E-state index is -0.325.